The van der Waals surface area contributed by atoms with Gasteiger partial charge in [0, 0.05) is 38.6 Å². The number of nitrogens with zero attached hydrogens (tertiary/aromatic N) is 3. The van der Waals surface area contributed by atoms with E-state index in [0.717, 1.165) is 30.3 Å². The fourth-order valence-corrected chi connectivity index (χ4v) is 5.99. The molecule has 4 heterocycles. The van der Waals surface area contributed by atoms with Gasteiger partial charge in [0.2, 0.25) is 0 Å². The molecule has 8 heteroatoms. The molecule has 0 aliphatic carbocycles. The van der Waals surface area contributed by atoms with Gasteiger partial charge >= 0.3 is 0 Å². The highest BCUT2D eigenvalue weighted by Gasteiger charge is 2.46. The molecule has 0 aromatic carbocycles. The van der Waals surface area contributed by atoms with Crippen molar-refractivity contribution >= 4 is 9.84 Å². The van der Waals surface area contributed by atoms with E-state index >= 15 is 0 Å². The van der Waals surface area contributed by atoms with Crippen LogP contribution in [0.1, 0.15) is 23.1 Å². The van der Waals surface area contributed by atoms with Gasteiger partial charge in [0.05, 0.1) is 23.7 Å². The maximum absolute atomic E-state index is 12.3. The number of piperazine rings is 1. The van der Waals surface area contributed by atoms with Crippen LogP contribution in [0, 0.1) is 13.8 Å². The van der Waals surface area contributed by atoms with Crippen molar-refractivity contribution in [2.45, 2.75) is 39.0 Å². The lowest BCUT2D eigenvalue weighted by Crippen LogP contribution is -2.58. The lowest BCUT2D eigenvalue weighted by Gasteiger charge is -2.43. The second-order valence-electron chi connectivity index (χ2n) is 7.02. The van der Waals surface area contributed by atoms with Crippen LogP contribution in [-0.4, -0.2) is 59.9 Å². The highest BCUT2D eigenvalue weighted by molar-refractivity contribution is 7.91. The Morgan fingerprint density at radius 2 is 1.80 bits per heavy atom. The van der Waals surface area contributed by atoms with E-state index in [-0.39, 0.29) is 23.6 Å². The summed E-state index contributed by atoms with van der Waals surface area (Å²) in [5, 5.41) is 0. The van der Waals surface area contributed by atoms with E-state index in [1.54, 1.807) is 6.26 Å². The molecule has 0 N–H and O–H groups in total. The van der Waals surface area contributed by atoms with E-state index < -0.39 is 9.84 Å². The Hall–Kier alpha value is -1.64. The lowest BCUT2D eigenvalue weighted by atomic mass is 10.0. The minimum absolute atomic E-state index is 0.00264. The Kier molecular flexibility index (Phi) is 4.21. The summed E-state index contributed by atoms with van der Waals surface area (Å²) in [4.78, 5) is 8.84. The van der Waals surface area contributed by atoms with E-state index in [1.165, 1.54) is 0 Å². The zero-order valence-electron chi connectivity index (χ0n) is 14.5. The largest absolute Gasteiger partial charge is 0.465 e. The molecule has 25 heavy (non-hydrogen) atoms. The first-order chi connectivity index (χ1) is 11.9. The van der Waals surface area contributed by atoms with E-state index in [9.17, 15) is 8.42 Å². The molecule has 0 amide bonds. The monoisotopic (exact) mass is 365 g/mol. The first kappa shape index (κ1) is 16.8. The third kappa shape index (κ3) is 3.51. The number of hydrogen-bond acceptors (Lipinski definition) is 7. The molecule has 2 aliphatic rings. The minimum atomic E-state index is -3.03. The maximum atomic E-state index is 12.3. The van der Waals surface area contributed by atoms with E-state index in [1.807, 2.05) is 26.0 Å². The van der Waals surface area contributed by atoms with Gasteiger partial charge in [0.1, 0.15) is 17.8 Å². The minimum Gasteiger partial charge on any atom is -0.465 e. The van der Waals surface area contributed by atoms with Crippen molar-refractivity contribution in [1.29, 1.82) is 0 Å². The first-order valence-corrected chi connectivity index (χ1v) is 10.4. The summed E-state index contributed by atoms with van der Waals surface area (Å²) < 4.78 is 35.5. The summed E-state index contributed by atoms with van der Waals surface area (Å²) in [5.41, 5.74) is 0.857. The summed E-state index contributed by atoms with van der Waals surface area (Å²) in [6, 6.07) is 3.91. The summed E-state index contributed by atoms with van der Waals surface area (Å²) in [6.07, 6.45) is 1.66. The SMILES string of the molecule is Cc1ccc(CN2CCN(Cc3coc(C)n3)C3CS(=O)(=O)CC32)o1. The molecule has 2 fully saturated rings. The molecule has 0 radical (unpaired) electrons. The number of aromatic nitrogens is 1. The van der Waals surface area contributed by atoms with Gasteiger partial charge in [0.25, 0.3) is 0 Å². The summed E-state index contributed by atoms with van der Waals surface area (Å²) >= 11 is 0. The maximum Gasteiger partial charge on any atom is 0.191 e. The number of oxazole rings is 1. The Morgan fingerprint density at radius 1 is 1.12 bits per heavy atom. The lowest BCUT2D eigenvalue weighted by molar-refractivity contribution is 0.0309. The smallest absolute Gasteiger partial charge is 0.191 e. The van der Waals surface area contributed by atoms with Crippen LogP contribution in [0.2, 0.25) is 0 Å². The third-order valence-electron chi connectivity index (χ3n) is 5.09. The van der Waals surface area contributed by atoms with Crippen LogP contribution in [0.15, 0.2) is 27.2 Å². The zero-order chi connectivity index (χ0) is 17.6. The average molecular weight is 365 g/mol. The van der Waals surface area contributed by atoms with Crippen LogP contribution >= 0.6 is 0 Å². The second-order valence-corrected chi connectivity index (χ2v) is 9.18. The highest BCUT2D eigenvalue weighted by atomic mass is 32.2. The van der Waals surface area contributed by atoms with E-state index in [4.69, 9.17) is 8.83 Å². The molecule has 2 aromatic rings. The van der Waals surface area contributed by atoms with Gasteiger partial charge < -0.3 is 8.83 Å². The van der Waals surface area contributed by atoms with Gasteiger partial charge in [-0.25, -0.2) is 13.4 Å². The zero-order valence-corrected chi connectivity index (χ0v) is 15.3. The van der Waals surface area contributed by atoms with Crippen LogP contribution in [0.5, 0.6) is 0 Å². The van der Waals surface area contributed by atoms with Crippen molar-refractivity contribution in [3.8, 4) is 0 Å². The predicted octanol–water partition coefficient (Wildman–Crippen LogP) is 1.37. The topological polar surface area (TPSA) is 79.8 Å². The third-order valence-corrected chi connectivity index (χ3v) is 6.79. The Morgan fingerprint density at radius 3 is 2.36 bits per heavy atom. The van der Waals surface area contributed by atoms with Crippen molar-refractivity contribution in [1.82, 2.24) is 14.8 Å². The van der Waals surface area contributed by atoms with Crippen molar-refractivity contribution in [3.63, 3.8) is 0 Å². The molecule has 2 unspecified atom stereocenters. The van der Waals surface area contributed by atoms with Gasteiger partial charge in [-0.2, -0.15) is 0 Å². The summed E-state index contributed by atoms with van der Waals surface area (Å²) in [5.74, 6) is 2.83. The molecule has 2 saturated heterocycles. The molecule has 2 aliphatic heterocycles. The van der Waals surface area contributed by atoms with Crippen LogP contribution in [0.4, 0.5) is 0 Å². The van der Waals surface area contributed by atoms with Crippen molar-refractivity contribution in [3.05, 3.63) is 41.5 Å². The Labute approximate surface area is 147 Å². The number of furan rings is 1. The van der Waals surface area contributed by atoms with Crippen LogP contribution < -0.4 is 0 Å². The van der Waals surface area contributed by atoms with Crippen molar-refractivity contribution in [2.24, 2.45) is 0 Å². The number of fused-ring (bicyclic) bond motifs is 1. The quantitative estimate of drug-likeness (QED) is 0.809. The molecular weight excluding hydrogens is 342 g/mol. The normalized spacial score (nSPS) is 26.8. The molecular formula is C17H23N3O4S. The summed E-state index contributed by atoms with van der Waals surface area (Å²) in [6.45, 7) is 6.64. The molecule has 0 saturated carbocycles. The molecule has 0 bridgehead atoms. The van der Waals surface area contributed by atoms with Crippen LogP contribution in [-0.2, 0) is 22.9 Å². The fourth-order valence-electron chi connectivity index (χ4n) is 3.95. The fraction of sp³-hybridized carbons (Fsp3) is 0.588. The van der Waals surface area contributed by atoms with Crippen molar-refractivity contribution < 1.29 is 17.3 Å². The van der Waals surface area contributed by atoms with E-state index in [0.29, 0.717) is 19.0 Å². The first-order valence-electron chi connectivity index (χ1n) is 8.54. The van der Waals surface area contributed by atoms with Crippen LogP contribution in [0.3, 0.4) is 0 Å². The average Bonchev–Trinajstić information content (AvgIpc) is 3.21. The van der Waals surface area contributed by atoms with Gasteiger partial charge in [-0.15, -0.1) is 0 Å². The molecule has 2 aromatic heterocycles. The predicted molar refractivity (Wildman–Crippen MR) is 91.7 cm³/mol. The Balaban J connectivity index is 1.53. The van der Waals surface area contributed by atoms with E-state index in [2.05, 4.69) is 14.8 Å². The molecule has 2 atom stereocenters. The molecule has 4 rings (SSSR count). The van der Waals surface area contributed by atoms with Gasteiger partial charge in [-0.1, -0.05) is 0 Å². The summed E-state index contributed by atoms with van der Waals surface area (Å²) in [7, 11) is -3.03. The van der Waals surface area contributed by atoms with Gasteiger partial charge in [0.15, 0.2) is 15.7 Å². The number of sulfone groups is 1. The molecule has 136 valence electrons. The molecule has 0 spiro atoms. The van der Waals surface area contributed by atoms with Crippen molar-refractivity contribution in [2.75, 3.05) is 24.6 Å². The molecule has 7 nitrogen and oxygen atoms in total. The second kappa shape index (κ2) is 6.26. The Bertz CT molecular complexity index is 793. The highest BCUT2D eigenvalue weighted by Crippen LogP contribution is 2.29. The van der Waals surface area contributed by atoms with Gasteiger partial charge in [-0.3, -0.25) is 9.80 Å². The standard InChI is InChI=1S/C17H23N3O4S/c1-12-3-4-15(24-12)8-20-6-5-19(7-14-9-23-13(2)18-14)16-10-25(21,22)11-17(16)20/h3-4,9,16-17H,5-8,10-11H2,1-2H3. The number of rotatable bonds is 4. The van der Waals surface area contributed by atoms with Gasteiger partial charge in [-0.05, 0) is 19.1 Å². The number of hydrogen-bond donors (Lipinski definition) is 0. The van der Waals surface area contributed by atoms with Crippen LogP contribution in [0.25, 0.3) is 0 Å². The number of aryl methyl sites for hydroxylation is 2.